The summed E-state index contributed by atoms with van der Waals surface area (Å²) in [5.41, 5.74) is 4.69. The first-order valence-electron chi connectivity index (χ1n) is 12.9. The van der Waals surface area contributed by atoms with Gasteiger partial charge in [0.25, 0.3) is 0 Å². The average Bonchev–Trinajstić information content (AvgIpc) is 3.00. The van der Waals surface area contributed by atoms with Crippen LogP contribution in [0.25, 0.3) is 33.4 Å². The number of carbonyl (C=O) groups is 1. The Morgan fingerprint density at radius 1 is 0.628 bits per heavy atom. The number of alkyl halides is 6. The summed E-state index contributed by atoms with van der Waals surface area (Å²) in [6.07, 6.45) is -10.2. The smallest absolute Gasteiger partial charge is 0.416 e. The Kier molecular flexibility index (Phi) is 7.75. The number of methoxy groups -OCH3 is 1. The highest BCUT2D eigenvalue weighted by molar-refractivity contribution is 6.19. The summed E-state index contributed by atoms with van der Waals surface area (Å²) in [6.45, 7) is 0. The van der Waals surface area contributed by atoms with Crippen molar-refractivity contribution in [3.05, 3.63) is 131 Å². The van der Waals surface area contributed by atoms with Gasteiger partial charge in [-0.1, -0.05) is 72.8 Å². The van der Waals surface area contributed by atoms with E-state index in [1.54, 1.807) is 91.0 Å². The molecule has 0 saturated heterocycles. The Labute approximate surface area is 243 Å². The summed E-state index contributed by atoms with van der Waals surface area (Å²) < 4.78 is 88.6. The molecule has 5 rings (SSSR count). The maximum absolute atomic E-state index is 14.0. The number of nitrogen functional groups attached to an aromatic ring is 1. The van der Waals surface area contributed by atoms with Crippen LogP contribution in [0.1, 0.15) is 27.0 Å². The molecule has 5 aromatic rings. The normalized spacial score (nSPS) is 11.8. The van der Waals surface area contributed by atoms with Crippen molar-refractivity contribution in [1.82, 2.24) is 0 Å². The number of ether oxygens (including phenoxy) is 1. The molecule has 0 unspecified atom stereocenters. The fourth-order valence-corrected chi connectivity index (χ4v) is 4.94. The summed E-state index contributed by atoms with van der Waals surface area (Å²) in [4.78, 5) is 14.0. The molecule has 0 fully saturated rings. The minimum atomic E-state index is -5.08. The van der Waals surface area contributed by atoms with Crippen molar-refractivity contribution in [3.8, 4) is 39.1 Å². The second-order valence-electron chi connectivity index (χ2n) is 9.72. The molecular weight excluding hydrogens is 568 g/mol. The third-order valence-electron chi connectivity index (χ3n) is 6.99. The first-order chi connectivity index (χ1) is 20.4. The first kappa shape index (κ1) is 29.4. The van der Waals surface area contributed by atoms with Crippen LogP contribution >= 0.6 is 0 Å². The van der Waals surface area contributed by atoms with Crippen LogP contribution in [0.4, 0.5) is 32.0 Å². The third-order valence-corrected chi connectivity index (χ3v) is 6.99. The van der Waals surface area contributed by atoms with Gasteiger partial charge in [-0.3, -0.25) is 4.79 Å². The zero-order valence-electron chi connectivity index (χ0n) is 22.6. The SMILES string of the molecule is COc1ccc(-c2cc(-c3ccccc3)c(-c3cc(C(F)(F)F)cc(C(F)(F)F)c3)c(N)c2C(=O)c2ccccc2)cc1. The van der Waals surface area contributed by atoms with Crippen molar-refractivity contribution in [2.75, 3.05) is 12.8 Å². The molecule has 3 nitrogen and oxygen atoms in total. The molecule has 218 valence electrons. The second-order valence-corrected chi connectivity index (χ2v) is 9.72. The standard InChI is InChI=1S/C34H23F6NO2/c1-43-26-14-12-21(13-15-26)28-19-27(20-8-4-2-5-9-20)29(31(41)30(28)32(42)22-10-6-3-7-11-22)23-16-24(33(35,36)37)18-25(17-23)34(38,39)40/h2-19H,41H2,1H3. The predicted molar refractivity (Wildman–Crippen MR) is 154 cm³/mol. The summed E-state index contributed by atoms with van der Waals surface area (Å²) >= 11 is 0. The van der Waals surface area contributed by atoms with E-state index in [1.807, 2.05) is 0 Å². The maximum atomic E-state index is 14.0. The Morgan fingerprint density at radius 2 is 1.14 bits per heavy atom. The number of benzene rings is 5. The van der Waals surface area contributed by atoms with E-state index in [-0.39, 0.29) is 34.0 Å². The summed E-state index contributed by atoms with van der Waals surface area (Å²) in [5.74, 6) is -0.0102. The van der Waals surface area contributed by atoms with Crippen LogP contribution in [-0.4, -0.2) is 12.9 Å². The minimum absolute atomic E-state index is 0.0583. The van der Waals surface area contributed by atoms with Gasteiger partial charge in [-0.15, -0.1) is 0 Å². The van der Waals surface area contributed by atoms with E-state index in [0.29, 0.717) is 34.6 Å². The molecule has 0 aliphatic carbocycles. The maximum Gasteiger partial charge on any atom is 0.416 e. The van der Waals surface area contributed by atoms with E-state index in [9.17, 15) is 31.1 Å². The lowest BCUT2D eigenvalue weighted by molar-refractivity contribution is -0.143. The summed E-state index contributed by atoms with van der Waals surface area (Å²) in [6, 6.07) is 26.1. The molecule has 5 aromatic carbocycles. The average molecular weight is 592 g/mol. The number of halogens is 6. The van der Waals surface area contributed by atoms with Gasteiger partial charge in [-0.05, 0) is 64.2 Å². The lowest BCUT2D eigenvalue weighted by Crippen LogP contribution is -2.13. The molecule has 2 N–H and O–H groups in total. The van der Waals surface area contributed by atoms with Gasteiger partial charge in [0.05, 0.1) is 29.5 Å². The van der Waals surface area contributed by atoms with Crippen molar-refractivity contribution in [3.63, 3.8) is 0 Å². The molecule has 0 saturated carbocycles. The molecular formula is C34H23F6NO2. The van der Waals surface area contributed by atoms with Gasteiger partial charge >= 0.3 is 12.4 Å². The van der Waals surface area contributed by atoms with E-state index >= 15 is 0 Å². The lowest BCUT2D eigenvalue weighted by Gasteiger charge is -2.22. The van der Waals surface area contributed by atoms with Gasteiger partial charge in [0.15, 0.2) is 5.78 Å². The van der Waals surface area contributed by atoms with Crippen LogP contribution in [0.15, 0.2) is 109 Å². The van der Waals surface area contributed by atoms with Gasteiger partial charge in [0.1, 0.15) is 5.75 Å². The van der Waals surface area contributed by atoms with E-state index < -0.39 is 34.8 Å². The highest BCUT2D eigenvalue weighted by Crippen LogP contribution is 2.47. The largest absolute Gasteiger partial charge is 0.497 e. The molecule has 0 amide bonds. The van der Waals surface area contributed by atoms with E-state index in [0.717, 1.165) is 0 Å². The van der Waals surface area contributed by atoms with E-state index in [1.165, 1.54) is 7.11 Å². The molecule has 43 heavy (non-hydrogen) atoms. The minimum Gasteiger partial charge on any atom is -0.497 e. The first-order valence-corrected chi connectivity index (χ1v) is 12.9. The Bertz CT molecular complexity index is 1750. The van der Waals surface area contributed by atoms with Gasteiger partial charge < -0.3 is 10.5 Å². The quantitative estimate of drug-likeness (QED) is 0.122. The van der Waals surface area contributed by atoms with Gasteiger partial charge in [-0.25, -0.2) is 0 Å². The van der Waals surface area contributed by atoms with Crippen LogP contribution in [0.2, 0.25) is 0 Å². The highest BCUT2D eigenvalue weighted by atomic mass is 19.4. The molecule has 0 heterocycles. The van der Waals surface area contributed by atoms with Gasteiger partial charge in [-0.2, -0.15) is 26.3 Å². The number of anilines is 1. The Morgan fingerprint density at radius 3 is 1.65 bits per heavy atom. The monoisotopic (exact) mass is 591 g/mol. The summed E-state index contributed by atoms with van der Waals surface area (Å²) in [5, 5.41) is 0. The number of ketones is 1. The van der Waals surface area contributed by atoms with Gasteiger partial charge in [0, 0.05) is 11.1 Å². The molecule has 0 aromatic heterocycles. The third kappa shape index (κ3) is 5.97. The molecule has 0 aliphatic heterocycles. The molecule has 0 atom stereocenters. The van der Waals surface area contributed by atoms with Gasteiger partial charge in [0.2, 0.25) is 0 Å². The fourth-order valence-electron chi connectivity index (χ4n) is 4.94. The Balaban J connectivity index is 1.92. The van der Waals surface area contributed by atoms with Crippen molar-refractivity contribution >= 4 is 11.5 Å². The topological polar surface area (TPSA) is 52.3 Å². The molecule has 0 aliphatic rings. The molecule has 9 heteroatoms. The summed E-state index contributed by atoms with van der Waals surface area (Å²) in [7, 11) is 1.49. The van der Waals surface area contributed by atoms with E-state index in [4.69, 9.17) is 10.5 Å². The number of nitrogens with two attached hydrogens (primary N) is 1. The molecule has 0 radical (unpaired) electrons. The van der Waals surface area contributed by atoms with Crippen molar-refractivity contribution < 1.29 is 35.9 Å². The highest BCUT2D eigenvalue weighted by Gasteiger charge is 2.38. The molecule has 0 spiro atoms. The van der Waals surface area contributed by atoms with Crippen LogP contribution < -0.4 is 10.5 Å². The van der Waals surface area contributed by atoms with E-state index in [2.05, 4.69) is 0 Å². The van der Waals surface area contributed by atoms with Crippen molar-refractivity contribution in [2.45, 2.75) is 12.4 Å². The zero-order valence-corrected chi connectivity index (χ0v) is 22.6. The van der Waals surface area contributed by atoms with Crippen LogP contribution in [0.3, 0.4) is 0 Å². The van der Waals surface area contributed by atoms with Crippen molar-refractivity contribution in [2.24, 2.45) is 0 Å². The number of hydrogen-bond acceptors (Lipinski definition) is 3. The predicted octanol–water partition coefficient (Wildman–Crippen LogP) is 9.55. The molecule has 0 bridgehead atoms. The lowest BCUT2D eigenvalue weighted by atomic mass is 9.83. The number of carbonyl (C=O) groups excluding carboxylic acids is 1. The van der Waals surface area contributed by atoms with Crippen LogP contribution in [0.5, 0.6) is 5.75 Å². The Hall–Kier alpha value is -5.05. The second kappa shape index (κ2) is 11.3. The van der Waals surface area contributed by atoms with Crippen molar-refractivity contribution in [1.29, 1.82) is 0 Å². The number of rotatable bonds is 6. The fraction of sp³-hybridized carbons (Fsp3) is 0.0882. The van der Waals surface area contributed by atoms with Crippen LogP contribution in [0, 0.1) is 0 Å². The number of hydrogen-bond donors (Lipinski definition) is 1. The van der Waals surface area contributed by atoms with Crippen LogP contribution in [-0.2, 0) is 12.4 Å². The zero-order chi connectivity index (χ0) is 30.9.